The second kappa shape index (κ2) is 5.54. The van der Waals surface area contributed by atoms with Crippen molar-refractivity contribution in [3.8, 4) is 5.75 Å². The van der Waals surface area contributed by atoms with Crippen molar-refractivity contribution in [1.29, 1.82) is 0 Å². The average Bonchev–Trinajstić information content (AvgIpc) is 2.95. The Morgan fingerprint density at radius 2 is 2.12 bits per heavy atom. The van der Waals surface area contributed by atoms with Gasteiger partial charge in [0.2, 0.25) is 11.8 Å². The summed E-state index contributed by atoms with van der Waals surface area (Å²) in [5.74, 6) is 0.902. The zero-order chi connectivity index (χ0) is 16.8. The number of hydrogen-bond donors (Lipinski definition) is 1. The van der Waals surface area contributed by atoms with E-state index in [2.05, 4.69) is 4.98 Å². The van der Waals surface area contributed by atoms with E-state index < -0.39 is 0 Å². The first-order valence-electron chi connectivity index (χ1n) is 8.38. The Kier molecular flexibility index (Phi) is 3.48. The largest absolute Gasteiger partial charge is 0.497 e. The number of nitrogens with zero attached hydrogens (tertiary/aromatic N) is 2. The lowest BCUT2D eigenvalue weighted by atomic mass is 9.94. The van der Waals surface area contributed by atoms with Crippen LogP contribution in [0.25, 0.3) is 10.9 Å². The summed E-state index contributed by atoms with van der Waals surface area (Å²) >= 11 is 0. The number of ether oxygens (including phenoxy) is 1. The molecule has 0 spiro atoms. The first kappa shape index (κ1) is 15.1. The number of amides is 2. The van der Waals surface area contributed by atoms with Crippen molar-refractivity contribution in [2.24, 2.45) is 0 Å². The van der Waals surface area contributed by atoms with Gasteiger partial charge in [0.1, 0.15) is 11.8 Å². The SMILES string of the molecule is CCCN1CC(=O)N2Cc3[nH]c4ccc(OC)cc4c3C[C@H]2C1=O. The number of rotatable bonds is 3. The minimum atomic E-state index is -0.379. The minimum Gasteiger partial charge on any atom is -0.497 e. The van der Waals surface area contributed by atoms with E-state index in [1.807, 2.05) is 25.1 Å². The van der Waals surface area contributed by atoms with Gasteiger partial charge in [0.05, 0.1) is 20.2 Å². The first-order chi connectivity index (χ1) is 11.6. The van der Waals surface area contributed by atoms with Gasteiger partial charge in [0.25, 0.3) is 0 Å². The Morgan fingerprint density at radius 1 is 1.29 bits per heavy atom. The molecule has 2 aromatic rings. The molecule has 0 bridgehead atoms. The summed E-state index contributed by atoms with van der Waals surface area (Å²) in [5, 5.41) is 1.08. The topological polar surface area (TPSA) is 65.6 Å². The molecule has 126 valence electrons. The smallest absolute Gasteiger partial charge is 0.246 e. The number of aromatic amines is 1. The molecular weight excluding hydrogens is 306 g/mol. The predicted octanol–water partition coefficient (Wildman–Crippen LogP) is 1.68. The highest BCUT2D eigenvalue weighted by Gasteiger charge is 2.42. The molecule has 0 radical (unpaired) electrons. The zero-order valence-corrected chi connectivity index (χ0v) is 14.0. The highest BCUT2D eigenvalue weighted by Crippen LogP contribution is 2.34. The number of aromatic nitrogens is 1. The van der Waals surface area contributed by atoms with Crippen molar-refractivity contribution in [2.75, 3.05) is 20.2 Å². The van der Waals surface area contributed by atoms with Gasteiger partial charge in [-0.2, -0.15) is 0 Å². The normalized spacial score (nSPS) is 20.3. The van der Waals surface area contributed by atoms with Crippen LogP contribution in [0.4, 0.5) is 0 Å². The number of benzene rings is 1. The lowest BCUT2D eigenvalue weighted by Gasteiger charge is -2.42. The van der Waals surface area contributed by atoms with Gasteiger partial charge >= 0.3 is 0 Å². The van der Waals surface area contributed by atoms with Crippen molar-refractivity contribution in [1.82, 2.24) is 14.8 Å². The van der Waals surface area contributed by atoms with E-state index in [0.717, 1.165) is 34.3 Å². The van der Waals surface area contributed by atoms with E-state index >= 15 is 0 Å². The standard InChI is InChI=1S/C18H21N3O3/c1-3-6-20-10-17(22)21-9-15-13(8-16(21)18(20)23)12-7-11(24-2)4-5-14(12)19-15/h4-5,7,16,19H,3,6,8-10H2,1-2H3/t16-/m0/s1. The molecule has 3 heterocycles. The number of nitrogens with one attached hydrogen (secondary N) is 1. The molecule has 2 amide bonds. The number of piperazine rings is 1. The van der Waals surface area contributed by atoms with E-state index in [1.165, 1.54) is 0 Å². The maximum Gasteiger partial charge on any atom is 0.246 e. The lowest BCUT2D eigenvalue weighted by molar-refractivity contribution is -0.157. The lowest BCUT2D eigenvalue weighted by Crippen LogP contribution is -2.61. The van der Waals surface area contributed by atoms with Crippen LogP contribution in [-0.4, -0.2) is 52.8 Å². The Hall–Kier alpha value is -2.50. The molecule has 4 rings (SSSR count). The monoisotopic (exact) mass is 327 g/mol. The molecule has 6 heteroatoms. The molecule has 24 heavy (non-hydrogen) atoms. The van der Waals surface area contributed by atoms with Crippen LogP contribution in [0, 0.1) is 0 Å². The fraction of sp³-hybridized carbons (Fsp3) is 0.444. The molecular formula is C18H21N3O3. The molecule has 0 aliphatic carbocycles. The molecule has 1 aromatic carbocycles. The third-order valence-corrected chi connectivity index (χ3v) is 5.04. The summed E-state index contributed by atoms with van der Waals surface area (Å²) < 4.78 is 5.32. The van der Waals surface area contributed by atoms with Crippen molar-refractivity contribution >= 4 is 22.7 Å². The third kappa shape index (κ3) is 2.17. The molecule has 6 nitrogen and oxygen atoms in total. The summed E-state index contributed by atoms with van der Waals surface area (Å²) in [6.07, 6.45) is 1.43. The number of carbonyl (C=O) groups is 2. The van der Waals surface area contributed by atoms with Crippen LogP contribution in [0.5, 0.6) is 5.75 Å². The Morgan fingerprint density at radius 3 is 2.88 bits per heavy atom. The van der Waals surface area contributed by atoms with Crippen LogP contribution in [0.15, 0.2) is 18.2 Å². The fourth-order valence-corrected chi connectivity index (χ4v) is 3.85. The van der Waals surface area contributed by atoms with Crippen LogP contribution < -0.4 is 4.74 Å². The van der Waals surface area contributed by atoms with E-state index in [-0.39, 0.29) is 24.4 Å². The highest BCUT2D eigenvalue weighted by atomic mass is 16.5. The summed E-state index contributed by atoms with van der Waals surface area (Å²) in [4.78, 5) is 32.1. The molecule has 1 fully saturated rings. The van der Waals surface area contributed by atoms with Crippen LogP contribution in [0.1, 0.15) is 24.6 Å². The molecule has 1 saturated heterocycles. The van der Waals surface area contributed by atoms with Gasteiger partial charge in [0.15, 0.2) is 0 Å². The first-order valence-corrected chi connectivity index (χ1v) is 8.38. The predicted molar refractivity (Wildman–Crippen MR) is 89.8 cm³/mol. The van der Waals surface area contributed by atoms with Gasteiger partial charge < -0.3 is 19.5 Å². The second-order valence-electron chi connectivity index (χ2n) is 6.49. The molecule has 1 atom stereocenters. The van der Waals surface area contributed by atoms with Crippen LogP contribution in [0.2, 0.25) is 0 Å². The number of methoxy groups -OCH3 is 1. The maximum atomic E-state index is 12.8. The number of fused-ring (bicyclic) bond motifs is 4. The third-order valence-electron chi connectivity index (χ3n) is 5.04. The van der Waals surface area contributed by atoms with Crippen molar-refractivity contribution in [3.63, 3.8) is 0 Å². The van der Waals surface area contributed by atoms with E-state index in [0.29, 0.717) is 19.5 Å². The molecule has 2 aliphatic rings. The van der Waals surface area contributed by atoms with Gasteiger partial charge in [0, 0.05) is 29.6 Å². The summed E-state index contributed by atoms with van der Waals surface area (Å²) in [6.45, 7) is 3.34. The van der Waals surface area contributed by atoms with Gasteiger partial charge in [-0.05, 0) is 30.2 Å². The highest BCUT2D eigenvalue weighted by molar-refractivity contribution is 5.97. The zero-order valence-electron chi connectivity index (χ0n) is 14.0. The number of H-pyrrole nitrogens is 1. The molecule has 0 unspecified atom stereocenters. The fourth-order valence-electron chi connectivity index (χ4n) is 3.85. The summed E-state index contributed by atoms with van der Waals surface area (Å²) in [5.41, 5.74) is 3.18. The molecule has 1 N–H and O–H groups in total. The van der Waals surface area contributed by atoms with E-state index in [4.69, 9.17) is 4.74 Å². The second-order valence-corrected chi connectivity index (χ2v) is 6.49. The Balaban J connectivity index is 1.75. The van der Waals surface area contributed by atoms with Crippen molar-refractivity contribution in [3.05, 3.63) is 29.5 Å². The minimum absolute atomic E-state index is 0.0370. The van der Waals surface area contributed by atoms with Gasteiger partial charge in [-0.1, -0.05) is 6.92 Å². The molecule has 2 aliphatic heterocycles. The van der Waals surface area contributed by atoms with Crippen molar-refractivity contribution < 1.29 is 14.3 Å². The Labute approximate surface area is 140 Å². The van der Waals surface area contributed by atoms with Crippen LogP contribution in [0.3, 0.4) is 0 Å². The quantitative estimate of drug-likeness (QED) is 0.933. The van der Waals surface area contributed by atoms with E-state index in [1.54, 1.807) is 16.9 Å². The van der Waals surface area contributed by atoms with Crippen LogP contribution in [-0.2, 0) is 22.6 Å². The van der Waals surface area contributed by atoms with Crippen LogP contribution >= 0.6 is 0 Å². The Bertz CT molecular complexity index is 826. The van der Waals surface area contributed by atoms with Gasteiger partial charge in [-0.15, -0.1) is 0 Å². The molecule has 1 aromatic heterocycles. The number of carbonyl (C=O) groups excluding carboxylic acids is 2. The van der Waals surface area contributed by atoms with E-state index in [9.17, 15) is 9.59 Å². The van der Waals surface area contributed by atoms with Gasteiger partial charge in [-0.25, -0.2) is 0 Å². The summed E-state index contributed by atoms with van der Waals surface area (Å²) in [7, 11) is 1.65. The summed E-state index contributed by atoms with van der Waals surface area (Å²) in [6, 6.07) is 5.52. The molecule has 0 saturated carbocycles. The number of hydrogen-bond acceptors (Lipinski definition) is 3. The average molecular weight is 327 g/mol. The maximum absolute atomic E-state index is 12.8. The van der Waals surface area contributed by atoms with Crippen molar-refractivity contribution in [2.45, 2.75) is 32.4 Å². The van der Waals surface area contributed by atoms with Gasteiger partial charge in [-0.3, -0.25) is 9.59 Å².